The molecule has 1 aliphatic heterocycles. The molecule has 0 aromatic heterocycles. The molecular formula is C17H21BrFNO. The van der Waals surface area contributed by atoms with Gasteiger partial charge in [0, 0.05) is 10.9 Å². The van der Waals surface area contributed by atoms with Gasteiger partial charge in [-0.05, 0) is 62.5 Å². The Morgan fingerprint density at radius 1 is 1.14 bits per heavy atom. The van der Waals surface area contributed by atoms with Crippen molar-refractivity contribution in [3.05, 3.63) is 34.1 Å². The Labute approximate surface area is 133 Å². The third-order valence-electron chi connectivity index (χ3n) is 4.95. The van der Waals surface area contributed by atoms with E-state index in [-0.39, 0.29) is 17.1 Å². The van der Waals surface area contributed by atoms with Crippen LogP contribution in [0.3, 0.4) is 0 Å². The van der Waals surface area contributed by atoms with E-state index in [0.717, 1.165) is 44.3 Å². The quantitative estimate of drug-likeness (QED) is 0.811. The van der Waals surface area contributed by atoms with Crippen molar-refractivity contribution in [2.45, 2.75) is 50.5 Å². The van der Waals surface area contributed by atoms with Crippen LogP contribution in [-0.2, 0) is 11.2 Å². The zero-order valence-corrected chi connectivity index (χ0v) is 13.8. The highest BCUT2D eigenvalue weighted by molar-refractivity contribution is 9.10. The summed E-state index contributed by atoms with van der Waals surface area (Å²) >= 11 is 3.30. The molecule has 0 amide bonds. The molecule has 0 spiro atoms. The van der Waals surface area contributed by atoms with Gasteiger partial charge in [-0.25, -0.2) is 4.39 Å². The van der Waals surface area contributed by atoms with Crippen LogP contribution in [0.4, 0.5) is 4.39 Å². The van der Waals surface area contributed by atoms with Crippen molar-refractivity contribution in [1.29, 1.82) is 0 Å². The molecule has 114 valence electrons. The molecule has 2 fully saturated rings. The van der Waals surface area contributed by atoms with Crippen molar-refractivity contribution in [1.82, 2.24) is 4.90 Å². The lowest BCUT2D eigenvalue weighted by Gasteiger charge is -2.37. The predicted molar refractivity (Wildman–Crippen MR) is 84.8 cm³/mol. The molecular weight excluding hydrogens is 333 g/mol. The highest BCUT2D eigenvalue weighted by Gasteiger charge is 2.45. The maximum Gasteiger partial charge on any atom is 0.157 e. The number of carbonyl (C=O) groups is 1. The van der Waals surface area contributed by atoms with Crippen LogP contribution in [0.25, 0.3) is 0 Å². The lowest BCUT2D eigenvalue weighted by molar-refractivity contribution is -0.129. The highest BCUT2D eigenvalue weighted by atomic mass is 79.9. The average molecular weight is 354 g/mol. The second kappa shape index (κ2) is 6.17. The molecule has 0 bridgehead atoms. The van der Waals surface area contributed by atoms with Crippen LogP contribution in [-0.4, -0.2) is 29.3 Å². The summed E-state index contributed by atoms with van der Waals surface area (Å²) in [5.74, 6) is -0.00628. The molecule has 1 saturated carbocycles. The summed E-state index contributed by atoms with van der Waals surface area (Å²) in [6.45, 7) is 2.08. The van der Waals surface area contributed by atoms with Crippen molar-refractivity contribution in [3.63, 3.8) is 0 Å². The second-order valence-electron chi connectivity index (χ2n) is 6.31. The molecule has 21 heavy (non-hydrogen) atoms. The van der Waals surface area contributed by atoms with Crippen molar-refractivity contribution in [2.24, 2.45) is 0 Å². The Balaban J connectivity index is 1.81. The summed E-state index contributed by atoms with van der Waals surface area (Å²) in [5.41, 5.74) is 0.507. The van der Waals surface area contributed by atoms with Crippen molar-refractivity contribution < 1.29 is 9.18 Å². The number of hydrogen-bond donors (Lipinski definition) is 0. The number of benzene rings is 1. The number of halogens is 2. The Kier molecular flexibility index (Phi) is 4.46. The van der Waals surface area contributed by atoms with Gasteiger partial charge in [-0.2, -0.15) is 0 Å². The maximum atomic E-state index is 13.5. The largest absolute Gasteiger partial charge is 0.297 e. The minimum absolute atomic E-state index is 0.269. The zero-order chi connectivity index (χ0) is 14.9. The van der Waals surface area contributed by atoms with Gasteiger partial charge in [-0.15, -0.1) is 0 Å². The van der Waals surface area contributed by atoms with Crippen LogP contribution in [0, 0.1) is 5.82 Å². The minimum Gasteiger partial charge on any atom is -0.297 e. The summed E-state index contributed by atoms with van der Waals surface area (Å²) in [6, 6.07) is 4.77. The van der Waals surface area contributed by atoms with Gasteiger partial charge in [0.15, 0.2) is 5.78 Å². The molecule has 3 rings (SSSR count). The predicted octanol–water partition coefficient (Wildman–Crippen LogP) is 4.11. The average Bonchev–Trinajstić information content (AvgIpc) is 3.09. The first-order valence-electron chi connectivity index (χ1n) is 7.83. The number of carbonyl (C=O) groups excluding carboxylic acids is 1. The maximum absolute atomic E-state index is 13.5. The van der Waals surface area contributed by atoms with Gasteiger partial charge >= 0.3 is 0 Å². The molecule has 4 heteroatoms. The van der Waals surface area contributed by atoms with E-state index < -0.39 is 0 Å². The summed E-state index contributed by atoms with van der Waals surface area (Å²) in [6.07, 6.45) is 6.95. The number of nitrogens with zero attached hydrogens (tertiary/aromatic N) is 1. The van der Waals surface area contributed by atoms with Crippen LogP contribution in [0.2, 0.25) is 0 Å². The molecule has 2 nitrogen and oxygen atoms in total. The van der Waals surface area contributed by atoms with Crippen molar-refractivity contribution in [3.8, 4) is 0 Å². The number of rotatable bonds is 4. The molecule has 0 atom stereocenters. The van der Waals surface area contributed by atoms with Gasteiger partial charge < -0.3 is 0 Å². The van der Waals surface area contributed by atoms with E-state index in [0.29, 0.717) is 10.9 Å². The van der Waals surface area contributed by atoms with E-state index in [4.69, 9.17) is 0 Å². The summed E-state index contributed by atoms with van der Waals surface area (Å²) in [7, 11) is 0. The van der Waals surface area contributed by atoms with Crippen molar-refractivity contribution in [2.75, 3.05) is 13.1 Å². The van der Waals surface area contributed by atoms with Gasteiger partial charge in [-0.1, -0.05) is 28.8 Å². The van der Waals surface area contributed by atoms with E-state index in [9.17, 15) is 9.18 Å². The lowest BCUT2D eigenvalue weighted by Crippen LogP contribution is -2.52. The standard InChI is InChI=1S/C17H21BrFNO/c18-14-9-13(10-15(19)12-14)11-16(21)17(5-1-2-6-17)20-7-3-4-8-20/h9-10,12H,1-8,11H2. The smallest absolute Gasteiger partial charge is 0.157 e. The summed E-state index contributed by atoms with van der Waals surface area (Å²) in [5, 5.41) is 0. The number of hydrogen-bond acceptors (Lipinski definition) is 2. The first-order valence-corrected chi connectivity index (χ1v) is 8.63. The van der Waals surface area contributed by atoms with E-state index in [1.54, 1.807) is 0 Å². The topological polar surface area (TPSA) is 20.3 Å². The molecule has 2 aliphatic rings. The van der Waals surface area contributed by atoms with Gasteiger partial charge in [-0.3, -0.25) is 9.69 Å². The Hall–Kier alpha value is -0.740. The molecule has 0 radical (unpaired) electrons. The van der Waals surface area contributed by atoms with Crippen LogP contribution < -0.4 is 0 Å². The lowest BCUT2D eigenvalue weighted by atomic mass is 9.86. The van der Waals surface area contributed by atoms with Crippen LogP contribution in [0.1, 0.15) is 44.1 Å². The molecule has 1 aromatic carbocycles. The minimum atomic E-state index is -0.284. The zero-order valence-electron chi connectivity index (χ0n) is 12.2. The highest BCUT2D eigenvalue weighted by Crippen LogP contribution is 2.39. The summed E-state index contributed by atoms with van der Waals surface area (Å²) in [4.78, 5) is 15.4. The van der Waals surface area contributed by atoms with Crippen LogP contribution >= 0.6 is 15.9 Å². The van der Waals surface area contributed by atoms with Gasteiger partial charge in [0.1, 0.15) is 5.82 Å². The first-order chi connectivity index (χ1) is 10.1. The fraction of sp³-hybridized carbons (Fsp3) is 0.588. The van der Waals surface area contributed by atoms with E-state index in [1.807, 2.05) is 6.07 Å². The van der Waals surface area contributed by atoms with E-state index in [2.05, 4.69) is 20.8 Å². The first kappa shape index (κ1) is 15.2. The normalized spacial score (nSPS) is 21.8. The fourth-order valence-electron chi connectivity index (χ4n) is 3.94. The number of likely N-dealkylation sites (tertiary alicyclic amines) is 1. The fourth-order valence-corrected chi connectivity index (χ4v) is 4.45. The third kappa shape index (κ3) is 3.07. The van der Waals surface area contributed by atoms with E-state index >= 15 is 0 Å². The SMILES string of the molecule is O=C(Cc1cc(F)cc(Br)c1)C1(N2CCCC2)CCCC1. The Bertz CT molecular complexity index is 513. The molecule has 1 aliphatic carbocycles. The Morgan fingerprint density at radius 2 is 1.81 bits per heavy atom. The molecule has 0 N–H and O–H groups in total. The van der Waals surface area contributed by atoms with E-state index in [1.165, 1.54) is 25.0 Å². The number of ketones is 1. The van der Waals surface area contributed by atoms with Gasteiger partial charge in [0.05, 0.1) is 5.54 Å². The molecule has 1 saturated heterocycles. The molecule has 1 aromatic rings. The Morgan fingerprint density at radius 3 is 2.43 bits per heavy atom. The van der Waals surface area contributed by atoms with Crippen LogP contribution in [0.15, 0.2) is 22.7 Å². The monoisotopic (exact) mass is 353 g/mol. The third-order valence-corrected chi connectivity index (χ3v) is 5.41. The molecule has 0 unspecified atom stereocenters. The second-order valence-corrected chi connectivity index (χ2v) is 7.23. The van der Waals surface area contributed by atoms with Gasteiger partial charge in [0.25, 0.3) is 0 Å². The summed E-state index contributed by atoms with van der Waals surface area (Å²) < 4.78 is 14.2. The van der Waals surface area contributed by atoms with Gasteiger partial charge in [0.2, 0.25) is 0 Å². The van der Waals surface area contributed by atoms with Crippen LogP contribution in [0.5, 0.6) is 0 Å². The van der Waals surface area contributed by atoms with Crippen molar-refractivity contribution >= 4 is 21.7 Å². The molecule has 1 heterocycles. The number of Topliss-reactive ketones (excluding diaryl/α,β-unsaturated/α-hetero) is 1.